The minimum Gasteiger partial charge on any atom is -0.457 e. The lowest BCUT2D eigenvalue weighted by atomic mass is 10.1. The predicted octanol–water partition coefficient (Wildman–Crippen LogP) is 9.19. The second-order valence-corrected chi connectivity index (χ2v) is 12.8. The van der Waals surface area contributed by atoms with Crippen LogP contribution in [0.25, 0.3) is 0 Å². The molecule has 0 aromatic rings. The van der Waals surface area contributed by atoms with Crippen molar-refractivity contribution in [1.29, 1.82) is 0 Å². The Bertz CT molecular complexity index is 662. The summed E-state index contributed by atoms with van der Waals surface area (Å²) >= 11 is 0. The summed E-state index contributed by atoms with van der Waals surface area (Å²) < 4.78 is 33.1. The van der Waals surface area contributed by atoms with Gasteiger partial charge < -0.3 is 20.1 Å². The van der Waals surface area contributed by atoms with Crippen molar-refractivity contribution in [3.8, 4) is 0 Å². The number of carbonyl (C=O) groups is 1. The summed E-state index contributed by atoms with van der Waals surface area (Å²) in [5.74, 6) is -0.340. The van der Waals surface area contributed by atoms with Gasteiger partial charge in [-0.1, -0.05) is 122 Å². The second kappa shape index (κ2) is 31.7. The van der Waals surface area contributed by atoms with E-state index in [9.17, 15) is 14.3 Å². The maximum absolute atomic E-state index is 12.4. The van der Waals surface area contributed by atoms with Crippen LogP contribution in [0.5, 0.6) is 0 Å². The van der Waals surface area contributed by atoms with Crippen LogP contribution in [-0.4, -0.2) is 49.9 Å². The van der Waals surface area contributed by atoms with Crippen molar-refractivity contribution in [1.82, 2.24) is 0 Å². The van der Waals surface area contributed by atoms with Gasteiger partial charge in [0, 0.05) is 19.6 Å². The second-order valence-electron chi connectivity index (χ2n) is 11.4. The number of nitrogens with two attached hydrogens (primary N) is 1. The normalized spacial score (nSPS) is 13.9. The zero-order valence-electron chi connectivity index (χ0n) is 27.2. The topological polar surface area (TPSA) is 117 Å². The zero-order chi connectivity index (χ0) is 31.0. The summed E-state index contributed by atoms with van der Waals surface area (Å²) in [7, 11) is -4.26. The van der Waals surface area contributed by atoms with Gasteiger partial charge in [0.15, 0.2) is 0 Å². The lowest BCUT2D eigenvalue weighted by Gasteiger charge is -2.20. The highest BCUT2D eigenvalue weighted by Gasteiger charge is 2.25. The minimum atomic E-state index is -4.26. The van der Waals surface area contributed by atoms with Gasteiger partial charge in [0.05, 0.1) is 19.8 Å². The largest absolute Gasteiger partial charge is 0.472 e. The van der Waals surface area contributed by atoms with Crippen LogP contribution in [0.1, 0.15) is 155 Å². The first-order valence-electron chi connectivity index (χ1n) is 17.2. The standard InChI is InChI=1S/C33H66NO7P/c1-3-5-7-9-11-13-15-16-17-18-20-22-24-26-33(35)41-32(31-40-42(36,37)39-29-27-34)30-38-28-25-23-21-19-14-12-10-8-6-4-2/h13,15,32H,3-12,14,16-31,34H2,1-2H3,(H,36,37)/b15-13-. The summed E-state index contributed by atoms with van der Waals surface area (Å²) in [6.45, 7) is 4.89. The Kier molecular flexibility index (Phi) is 31.1. The van der Waals surface area contributed by atoms with E-state index < -0.39 is 13.9 Å². The summed E-state index contributed by atoms with van der Waals surface area (Å²) in [5, 5.41) is 0. The average molecular weight is 620 g/mol. The van der Waals surface area contributed by atoms with E-state index in [0.717, 1.165) is 44.9 Å². The molecule has 0 amide bonds. The molecule has 0 fully saturated rings. The molecule has 8 nitrogen and oxygen atoms in total. The first-order chi connectivity index (χ1) is 20.4. The zero-order valence-corrected chi connectivity index (χ0v) is 28.1. The molecule has 0 aromatic heterocycles. The van der Waals surface area contributed by atoms with Crippen molar-refractivity contribution >= 4 is 13.8 Å². The highest BCUT2D eigenvalue weighted by molar-refractivity contribution is 7.47. The lowest BCUT2D eigenvalue weighted by Crippen LogP contribution is -2.28. The fourth-order valence-electron chi connectivity index (χ4n) is 4.64. The van der Waals surface area contributed by atoms with E-state index in [0.29, 0.717) is 13.0 Å². The van der Waals surface area contributed by atoms with Crippen LogP contribution >= 0.6 is 7.82 Å². The molecule has 42 heavy (non-hydrogen) atoms. The van der Waals surface area contributed by atoms with Crippen molar-refractivity contribution < 1.29 is 32.8 Å². The van der Waals surface area contributed by atoms with Crippen LogP contribution in [0.2, 0.25) is 0 Å². The summed E-state index contributed by atoms with van der Waals surface area (Å²) in [6.07, 6.45) is 29.3. The Hall–Kier alpha value is -0.760. The van der Waals surface area contributed by atoms with E-state index in [4.69, 9.17) is 24.3 Å². The van der Waals surface area contributed by atoms with Gasteiger partial charge in [-0.25, -0.2) is 4.57 Å². The summed E-state index contributed by atoms with van der Waals surface area (Å²) in [5.41, 5.74) is 5.33. The molecule has 0 aromatic carbocycles. The Balaban J connectivity index is 4.14. The number of unbranched alkanes of at least 4 members (excludes halogenated alkanes) is 18. The molecular weight excluding hydrogens is 553 g/mol. The summed E-state index contributed by atoms with van der Waals surface area (Å²) in [4.78, 5) is 22.3. The molecule has 2 unspecified atom stereocenters. The third-order valence-corrected chi connectivity index (χ3v) is 8.17. The van der Waals surface area contributed by atoms with Gasteiger partial charge in [-0.3, -0.25) is 13.8 Å². The van der Waals surface area contributed by atoms with Gasteiger partial charge in [-0.2, -0.15) is 0 Å². The molecule has 0 aliphatic rings. The highest BCUT2D eigenvalue weighted by Crippen LogP contribution is 2.43. The van der Waals surface area contributed by atoms with Crippen LogP contribution in [0.4, 0.5) is 0 Å². The van der Waals surface area contributed by atoms with Crippen LogP contribution in [-0.2, 0) is 27.9 Å². The van der Waals surface area contributed by atoms with Gasteiger partial charge in [-0.15, -0.1) is 0 Å². The van der Waals surface area contributed by atoms with Crippen molar-refractivity contribution in [2.45, 2.75) is 161 Å². The minimum absolute atomic E-state index is 0.0944. The van der Waals surface area contributed by atoms with Crippen LogP contribution in [0.15, 0.2) is 12.2 Å². The molecule has 0 saturated carbocycles. The molecule has 2 atom stereocenters. The van der Waals surface area contributed by atoms with Crippen molar-refractivity contribution in [2.24, 2.45) is 5.73 Å². The molecule has 0 rings (SSSR count). The van der Waals surface area contributed by atoms with E-state index in [-0.39, 0.29) is 32.3 Å². The van der Waals surface area contributed by atoms with Crippen molar-refractivity contribution in [2.75, 3.05) is 33.0 Å². The highest BCUT2D eigenvalue weighted by atomic mass is 31.2. The lowest BCUT2D eigenvalue weighted by molar-refractivity contribution is -0.154. The van der Waals surface area contributed by atoms with Crippen LogP contribution < -0.4 is 5.73 Å². The number of hydrogen-bond acceptors (Lipinski definition) is 7. The number of esters is 1. The molecule has 3 N–H and O–H groups in total. The number of rotatable bonds is 33. The van der Waals surface area contributed by atoms with Gasteiger partial charge >= 0.3 is 13.8 Å². The first-order valence-corrected chi connectivity index (χ1v) is 18.7. The monoisotopic (exact) mass is 619 g/mol. The van der Waals surface area contributed by atoms with Crippen LogP contribution in [0.3, 0.4) is 0 Å². The average Bonchev–Trinajstić information content (AvgIpc) is 2.97. The number of hydrogen-bond donors (Lipinski definition) is 2. The quantitative estimate of drug-likeness (QED) is 0.0323. The van der Waals surface area contributed by atoms with Gasteiger partial charge in [0.25, 0.3) is 0 Å². The maximum atomic E-state index is 12.4. The number of phosphoric acid groups is 1. The van der Waals surface area contributed by atoms with E-state index in [1.54, 1.807) is 0 Å². The molecule has 0 heterocycles. The molecule has 0 aliphatic carbocycles. The molecule has 0 saturated heterocycles. The van der Waals surface area contributed by atoms with Gasteiger partial charge in [0.2, 0.25) is 0 Å². The van der Waals surface area contributed by atoms with E-state index in [1.807, 2.05) is 0 Å². The fourth-order valence-corrected chi connectivity index (χ4v) is 5.40. The summed E-state index contributed by atoms with van der Waals surface area (Å²) in [6, 6.07) is 0. The molecule has 0 bridgehead atoms. The van der Waals surface area contributed by atoms with Gasteiger partial charge in [-0.05, 0) is 38.5 Å². The Morgan fingerprint density at radius 3 is 1.76 bits per heavy atom. The third kappa shape index (κ3) is 30.7. The first kappa shape index (κ1) is 41.2. The SMILES string of the molecule is CCCCCC/C=C\CCCCCCCC(=O)OC(COCCCCCCCCCCCC)COP(=O)(O)OCCN. The molecule has 0 spiro atoms. The number of phosphoric ester groups is 1. The smallest absolute Gasteiger partial charge is 0.457 e. The van der Waals surface area contributed by atoms with E-state index >= 15 is 0 Å². The molecule has 0 aliphatic heterocycles. The number of carbonyl (C=O) groups excluding carboxylic acids is 1. The van der Waals surface area contributed by atoms with Gasteiger partial charge in [0.1, 0.15) is 6.10 Å². The van der Waals surface area contributed by atoms with Crippen molar-refractivity contribution in [3.63, 3.8) is 0 Å². The van der Waals surface area contributed by atoms with E-state index in [1.165, 1.54) is 89.9 Å². The van der Waals surface area contributed by atoms with E-state index in [2.05, 4.69) is 26.0 Å². The Labute approximate surface area is 258 Å². The third-order valence-electron chi connectivity index (χ3n) is 7.18. The molecule has 250 valence electrons. The molecule has 0 radical (unpaired) electrons. The fraction of sp³-hybridized carbons (Fsp3) is 0.909. The molecular formula is C33H66NO7P. The predicted molar refractivity (Wildman–Crippen MR) is 174 cm³/mol. The number of allylic oxidation sites excluding steroid dienone is 2. The van der Waals surface area contributed by atoms with Crippen LogP contribution in [0, 0.1) is 0 Å². The maximum Gasteiger partial charge on any atom is 0.472 e. The molecule has 9 heteroatoms. The Morgan fingerprint density at radius 2 is 1.19 bits per heavy atom. The number of ether oxygens (including phenoxy) is 2. The Morgan fingerprint density at radius 1 is 0.690 bits per heavy atom. The van der Waals surface area contributed by atoms with Crippen molar-refractivity contribution in [3.05, 3.63) is 12.2 Å².